The Morgan fingerprint density at radius 1 is 1.62 bits per heavy atom. The van der Waals surface area contributed by atoms with E-state index in [1.54, 1.807) is 12.3 Å². The van der Waals surface area contributed by atoms with Crippen LogP contribution in [0.4, 0.5) is 0 Å². The van der Waals surface area contributed by atoms with Gasteiger partial charge in [0.25, 0.3) is 10.0 Å². The maximum atomic E-state index is 11.6. The van der Waals surface area contributed by atoms with Crippen molar-refractivity contribution >= 4 is 21.4 Å². The zero-order chi connectivity index (χ0) is 10.1. The van der Waals surface area contributed by atoms with Gasteiger partial charge in [0.05, 0.1) is 0 Å². The van der Waals surface area contributed by atoms with Crippen molar-refractivity contribution in [3.05, 3.63) is 11.4 Å². The van der Waals surface area contributed by atoms with Crippen molar-refractivity contribution in [1.29, 1.82) is 0 Å². The van der Waals surface area contributed by atoms with Gasteiger partial charge in [-0.3, -0.25) is 0 Å². The number of sulfonamides is 1. The molecule has 0 aromatic carbocycles. The number of hydrogen-bond donors (Lipinski definition) is 1. The molecule has 1 N–H and O–H groups in total. The lowest BCUT2D eigenvalue weighted by atomic mass is 10.6. The summed E-state index contributed by atoms with van der Waals surface area (Å²) in [6.07, 6.45) is 0. The summed E-state index contributed by atoms with van der Waals surface area (Å²) in [5.74, 6) is -0.176. The minimum Gasteiger partial charge on any atom is -0.506 e. The number of thiophene rings is 1. The fraction of sp³-hybridized carbons (Fsp3) is 0.429. The van der Waals surface area contributed by atoms with Crippen LogP contribution in [-0.4, -0.2) is 31.4 Å². The molecule has 1 aromatic rings. The first-order valence-electron chi connectivity index (χ1n) is 3.73. The lowest BCUT2D eigenvalue weighted by Crippen LogP contribution is -2.25. The van der Waals surface area contributed by atoms with Crippen LogP contribution in [0.2, 0.25) is 0 Å². The van der Waals surface area contributed by atoms with Gasteiger partial charge in [-0.05, 0) is 11.4 Å². The van der Waals surface area contributed by atoms with Crippen LogP contribution in [0.1, 0.15) is 6.92 Å². The molecular weight excluding hydrogens is 210 g/mol. The Hall–Kier alpha value is -0.590. The van der Waals surface area contributed by atoms with E-state index >= 15 is 0 Å². The van der Waals surface area contributed by atoms with E-state index in [1.807, 2.05) is 0 Å². The Kier molecular flexibility index (Phi) is 2.94. The maximum Gasteiger partial charge on any atom is 0.256 e. The third-order valence-electron chi connectivity index (χ3n) is 1.70. The average Bonchev–Trinajstić information content (AvgIpc) is 2.50. The first kappa shape index (κ1) is 10.5. The summed E-state index contributed by atoms with van der Waals surface area (Å²) in [5.41, 5.74) is 0. The standard InChI is InChI=1S/C7H11NO3S2/c1-3-8(2)13(10,11)7-6(9)4-5-12-7/h4-5,9H,3H2,1-2H3. The third-order valence-corrected chi connectivity index (χ3v) is 5.07. The molecule has 74 valence electrons. The van der Waals surface area contributed by atoms with Crippen molar-refractivity contribution in [2.45, 2.75) is 11.1 Å². The molecule has 0 saturated heterocycles. The second kappa shape index (κ2) is 3.65. The number of aromatic hydroxyl groups is 1. The molecule has 0 fully saturated rings. The van der Waals surface area contributed by atoms with E-state index in [9.17, 15) is 13.5 Å². The highest BCUT2D eigenvalue weighted by Gasteiger charge is 2.23. The summed E-state index contributed by atoms with van der Waals surface area (Å²) in [6, 6.07) is 1.38. The van der Waals surface area contributed by atoms with E-state index < -0.39 is 10.0 Å². The molecule has 0 aliphatic carbocycles. The SMILES string of the molecule is CCN(C)S(=O)(=O)c1sccc1O. The van der Waals surface area contributed by atoms with Crippen LogP contribution >= 0.6 is 11.3 Å². The molecule has 0 radical (unpaired) electrons. The van der Waals surface area contributed by atoms with Crippen molar-refractivity contribution < 1.29 is 13.5 Å². The van der Waals surface area contributed by atoms with Gasteiger partial charge in [0.1, 0.15) is 5.75 Å². The van der Waals surface area contributed by atoms with Gasteiger partial charge in [-0.25, -0.2) is 12.7 Å². The highest BCUT2D eigenvalue weighted by atomic mass is 32.2. The normalized spacial score (nSPS) is 12.2. The van der Waals surface area contributed by atoms with Crippen molar-refractivity contribution in [2.24, 2.45) is 0 Å². The Bertz CT molecular complexity index is 382. The van der Waals surface area contributed by atoms with Gasteiger partial charge in [-0.2, -0.15) is 0 Å². The van der Waals surface area contributed by atoms with Gasteiger partial charge in [0.15, 0.2) is 4.21 Å². The monoisotopic (exact) mass is 221 g/mol. The topological polar surface area (TPSA) is 57.6 Å². The molecule has 13 heavy (non-hydrogen) atoms. The van der Waals surface area contributed by atoms with Gasteiger partial charge in [0, 0.05) is 13.6 Å². The minimum absolute atomic E-state index is 0.0110. The first-order chi connectivity index (χ1) is 6.00. The van der Waals surface area contributed by atoms with Crippen LogP contribution in [0.25, 0.3) is 0 Å². The molecule has 0 spiro atoms. The number of hydrogen-bond acceptors (Lipinski definition) is 4. The third kappa shape index (κ3) is 1.84. The zero-order valence-electron chi connectivity index (χ0n) is 7.39. The Morgan fingerprint density at radius 2 is 2.23 bits per heavy atom. The minimum atomic E-state index is -3.47. The van der Waals surface area contributed by atoms with Crippen LogP contribution in [0.5, 0.6) is 5.75 Å². The van der Waals surface area contributed by atoms with E-state index in [1.165, 1.54) is 17.4 Å². The van der Waals surface area contributed by atoms with Gasteiger partial charge < -0.3 is 5.11 Å². The van der Waals surface area contributed by atoms with Crippen LogP contribution in [-0.2, 0) is 10.0 Å². The van der Waals surface area contributed by atoms with E-state index in [0.717, 1.165) is 11.3 Å². The van der Waals surface area contributed by atoms with E-state index in [2.05, 4.69) is 0 Å². The fourth-order valence-electron chi connectivity index (χ4n) is 0.793. The summed E-state index contributed by atoms with van der Waals surface area (Å²) in [5, 5.41) is 10.8. The lowest BCUT2D eigenvalue weighted by Gasteiger charge is -2.12. The Labute approximate surface area is 81.5 Å². The summed E-state index contributed by atoms with van der Waals surface area (Å²) in [4.78, 5) is 0. The summed E-state index contributed by atoms with van der Waals surface area (Å²) in [6.45, 7) is 2.13. The number of nitrogens with zero attached hydrogens (tertiary/aromatic N) is 1. The van der Waals surface area contributed by atoms with Gasteiger partial charge >= 0.3 is 0 Å². The molecule has 1 rings (SSSR count). The molecule has 0 saturated carbocycles. The number of rotatable bonds is 3. The molecule has 0 aliphatic rings. The molecule has 0 aliphatic heterocycles. The molecule has 4 nitrogen and oxygen atoms in total. The largest absolute Gasteiger partial charge is 0.506 e. The maximum absolute atomic E-state index is 11.6. The van der Waals surface area contributed by atoms with E-state index in [4.69, 9.17) is 0 Å². The smallest absolute Gasteiger partial charge is 0.256 e. The molecule has 1 heterocycles. The quantitative estimate of drug-likeness (QED) is 0.831. The van der Waals surface area contributed by atoms with Crippen LogP contribution in [0.15, 0.2) is 15.7 Å². The second-order valence-corrected chi connectivity index (χ2v) is 5.67. The van der Waals surface area contributed by atoms with Crippen molar-refractivity contribution in [2.75, 3.05) is 13.6 Å². The van der Waals surface area contributed by atoms with Crippen LogP contribution in [0, 0.1) is 0 Å². The molecule has 1 aromatic heterocycles. The summed E-state index contributed by atoms with van der Waals surface area (Å²) in [7, 11) is -1.99. The van der Waals surface area contributed by atoms with E-state index in [0.29, 0.717) is 6.54 Å². The van der Waals surface area contributed by atoms with Gasteiger partial charge in [-0.1, -0.05) is 6.92 Å². The predicted molar refractivity (Wildman–Crippen MR) is 51.5 cm³/mol. The van der Waals surface area contributed by atoms with Crippen LogP contribution in [0.3, 0.4) is 0 Å². The molecular formula is C7H11NO3S2. The highest BCUT2D eigenvalue weighted by Crippen LogP contribution is 2.30. The van der Waals surface area contributed by atoms with Gasteiger partial charge in [-0.15, -0.1) is 11.3 Å². The Morgan fingerprint density at radius 3 is 2.62 bits per heavy atom. The summed E-state index contributed by atoms with van der Waals surface area (Å²) < 4.78 is 24.4. The molecule has 0 amide bonds. The highest BCUT2D eigenvalue weighted by molar-refractivity contribution is 7.91. The lowest BCUT2D eigenvalue weighted by molar-refractivity contribution is 0.452. The molecule has 0 bridgehead atoms. The first-order valence-corrected chi connectivity index (χ1v) is 6.05. The van der Waals surface area contributed by atoms with Crippen molar-refractivity contribution in [1.82, 2.24) is 4.31 Å². The van der Waals surface area contributed by atoms with Crippen molar-refractivity contribution in [3.63, 3.8) is 0 Å². The molecule has 0 atom stereocenters. The zero-order valence-corrected chi connectivity index (χ0v) is 9.02. The predicted octanol–water partition coefficient (Wildman–Crippen LogP) is 1.09. The Balaban J connectivity index is 3.16. The fourth-order valence-corrected chi connectivity index (χ4v) is 3.29. The van der Waals surface area contributed by atoms with E-state index in [-0.39, 0.29) is 9.96 Å². The average molecular weight is 221 g/mol. The van der Waals surface area contributed by atoms with Crippen LogP contribution < -0.4 is 0 Å². The molecule has 0 unspecified atom stereocenters. The molecule has 6 heteroatoms. The second-order valence-electron chi connectivity index (χ2n) is 2.51. The summed E-state index contributed by atoms with van der Waals surface area (Å²) >= 11 is 1.02. The van der Waals surface area contributed by atoms with Gasteiger partial charge in [0.2, 0.25) is 0 Å². The van der Waals surface area contributed by atoms with Crippen molar-refractivity contribution in [3.8, 4) is 5.75 Å².